The van der Waals surface area contributed by atoms with Crippen LogP contribution in [0.3, 0.4) is 0 Å². The Balaban J connectivity index is 2.01. The molecule has 7 heteroatoms. The molecule has 0 aliphatic carbocycles. The van der Waals surface area contributed by atoms with Gasteiger partial charge in [-0.3, -0.25) is 14.9 Å². The quantitative estimate of drug-likeness (QED) is 0.589. The van der Waals surface area contributed by atoms with Crippen molar-refractivity contribution in [2.24, 2.45) is 0 Å². The summed E-state index contributed by atoms with van der Waals surface area (Å²) in [6.07, 6.45) is 2.28. The van der Waals surface area contributed by atoms with E-state index in [1.165, 1.54) is 22.9 Å². The number of hydrogen-bond acceptors (Lipinski definition) is 5. The summed E-state index contributed by atoms with van der Waals surface area (Å²) in [6, 6.07) is 2.40. The van der Waals surface area contributed by atoms with E-state index in [0.29, 0.717) is 26.2 Å². The number of ether oxygens (including phenoxy) is 2. The van der Waals surface area contributed by atoms with E-state index in [1.807, 2.05) is 0 Å². The number of hydrogen-bond donors (Lipinski definition) is 0. The Morgan fingerprint density at radius 2 is 2.11 bits per heavy atom. The second-order valence-corrected chi connectivity index (χ2v) is 3.99. The maximum Gasteiger partial charge on any atom is 0.285 e. The number of aryl methyl sites for hydroxylation is 1. The SMILES string of the molecule is O=c1ccc([N+](=O)[O-])cn1CCC1OCCCO1. The lowest BCUT2D eigenvalue weighted by Gasteiger charge is -2.23. The van der Waals surface area contributed by atoms with Gasteiger partial charge >= 0.3 is 0 Å². The van der Waals surface area contributed by atoms with Gasteiger partial charge in [0.15, 0.2) is 6.29 Å². The molecular weight excluding hydrogens is 240 g/mol. The zero-order chi connectivity index (χ0) is 13.0. The van der Waals surface area contributed by atoms with Crippen LogP contribution in [0.1, 0.15) is 12.8 Å². The van der Waals surface area contributed by atoms with Crippen molar-refractivity contribution in [2.75, 3.05) is 13.2 Å². The number of aromatic nitrogens is 1. The molecule has 0 unspecified atom stereocenters. The molecule has 1 aliphatic rings. The standard InChI is InChI=1S/C11H14N2O5/c14-10-3-2-9(13(15)16)8-12(10)5-4-11-17-6-1-7-18-11/h2-3,8,11H,1,4-7H2. The van der Waals surface area contributed by atoms with Crippen LogP contribution in [-0.4, -0.2) is 29.0 Å². The molecule has 0 amide bonds. The summed E-state index contributed by atoms with van der Waals surface area (Å²) in [4.78, 5) is 21.6. The summed E-state index contributed by atoms with van der Waals surface area (Å²) >= 11 is 0. The van der Waals surface area contributed by atoms with E-state index >= 15 is 0 Å². The van der Waals surface area contributed by atoms with Gasteiger partial charge in [-0.2, -0.15) is 0 Å². The molecule has 2 rings (SSSR count). The highest BCUT2D eigenvalue weighted by molar-refractivity contribution is 5.24. The first kappa shape index (κ1) is 12.7. The van der Waals surface area contributed by atoms with Crippen molar-refractivity contribution < 1.29 is 14.4 Å². The highest BCUT2D eigenvalue weighted by Crippen LogP contribution is 2.11. The summed E-state index contributed by atoms with van der Waals surface area (Å²) in [5, 5.41) is 10.6. The lowest BCUT2D eigenvalue weighted by Crippen LogP contribution is -2.28. The van der Waals surface area contributed by atoms with E-state index < -0.39 is 4.92 Å². The van der Waals surface area contributed by atoms with Crippen molar-refractivity contribution in [2.45, 2.75) is 25.7 Å². The third-order valence-corrected chi connectivity index (χ3v) is 2.68. The van der Waals surface area contributed by atoms with E-state index in [9.17, 15) is 14.9 Å². The summed E-state index contributed by atoms with van der Waals surface area (Å²) in [7, 11) is 0. The first-order valence-electron chi connectivity index (χ1n) is 5.75. The maximum atomic E-state index is 11.5. The van der Waals surface area contributed by atoms with Crippen LogP contribution in [0.25, 0.3) is 0 Å². The fourth-order valence-electron chi connectivity index (χ4n) is 1.75. The number of nitrogens with zero attached hydrogens (tertiary/aromatic N) is 2. The van der Waals surface area contributed by atoms with Crippen LogP contribution in [0.5, 0.6) is 0 Å². The van der Waals surface area contributed by atoms with Gasteiger partial charge in [-0.15, -0.1) is 0 Å². The molecule has 7 nitrogen and oxygen atoms in total. The van der Waals surface area contributed by atoms with E-state index in [-0.39, 0.29) is 17.5 Å². The Bertz CT molecular complexity index is 479. The van der Waals surface area contributed by atoms with Crippen LogP contribution in [0.4, 0.5) is 5.69 Å². The normalized spacial score (nSPS) is 16.7. The van der Waals surface area contributed by atoms with Gasteiger partial charge in [0.25, 0.3) is 11.2 Å². The number of pyridine rings is 1. The van der Waals surface area contributed by atoms with Crippen LogP contribution >= 0.6 is 0 Å². The molecule has 1 saturated heterocycles. The molecule has 0 aromatic carbocycles. The van der Waals surface area contributed by atoms with Gasteiger partial charge in [0.1, 0.15) is 0 Å². The van der Waals surface area contributed by atoms with Gasteiger partial charge in [0.2, 0.25) is 0 Å². The highest BCUT2D eigenvalue weighted by atomic mass is 16.7. The molecule has 18 heavy (non-hydrogen) atoms. The van der Waals surface area contributed by atoms with Gasteiger partial charge in [-0.05, 0) is 6.42 Å². The van der Waals surface area contributed by atoms with Crippen LogP contribution in [0, 0.1) is 10.1 Å². The molecule has 0 radical (unpaired) electrons. The fourth-order valence-corrected chi connectivity index (χ4v) is 1.75. The molecule has 0 atom stereocenters. The second kappa shape index (κ2) is 5.74. The Morgan fingerprint density at radius 1 is 1.39 bits per heavy atom. The molecular formula is C11H14N2O5. The van der Waals surface area contributed by atoms with Gasteiger partial charge in [0, 0.05) is 25.1 Å². The van der Waals surface area contributed by atoms with Crippen molar-refractivity contribution in [3.63, 3.8) is 0 Å². The topological polar surface area (TPSA) is 83.6 Å². The average molecular weight is 254 g/mol. The van der Waals surface area contributed by atoms with Gasteiger partial charge in [-0.25, -0.2) is 0 Å². The lowest BCUT2D eigenvalue weighted by molar-refractivity contribution is -0.385. The van der Waals surface area contributed by atoms with Crippen molar-refractivity contribution in [1.82, 2.24) is 4.57 Å². The Morgan fingerprint density at radius 3 is 2.78 bits per heavy atom. The van der Waals surface area contributed by atoms with Crippen LogP contribution in [0.15, 0.2) is 23.1 Å². The minimum absolute atomic E-state index is 0.0971. The maximum absolute atomic E-state index is 11.5. The van der Waals surface area contributed by atoms with Gasteiger partial charge < -0.3 is 14.0 Å². The van der Waals surface area contributed by atoms with Crippen LogP contribution in [0.2, 0.25) is 0 Å². The summed E-state index contributed by atoms with van der Waals surface area (Å²) < 4.78 is 12.0. The molecule has 0 N–H and O–H groups in total. The van der Waals surface area contributed by atoms with E-state index in [0.717, 1.165) is 6.42 Å². The zero-order valence-corrected chi connectivity index (χ0v) is 9.78. The van der Waals surface area contributed by atoms with Crippen molar-refractivity contribution in [3.8, 4) is 0 Å². The van der Waals surface area contributed by atoms with Crippen molar-refractivity contribution in [3.05, 3.63) is 38.8 Å². The first-order valence-corrected chi connectivity index (χ1v) is 5.75. The van der Waals surface area contributed by atoms with E-state index in [1.54, 1.807) is 0 Å². The largest absolute Gasteiger partial charge is 0.353 e. The molecule has 2 heterocycles. The number of nitro groups is 1. The fraction of sp³-hybridized carbons (Fsp3) is 0.545. The Hall–Kier alpha value is -1.73. The molecule has 0 bridgehead atoms. The molecule has 98 valence electrons. The Kier molecular flexibility index (Phi) is 4.06. The van der Waals surface area contributed by atoms with Crippen molar-refractivity contribution >= 4 is 5.69 Å². The summed E-state index contributed by atoms with van der Waals surface area (Å²) in [5.74, 6) is 0. The third kappa shape index (κ3) is 3.14. The minimum Gasteiger partial charge on any atom is -0.353 e. The summed E-state index contributed by atoms with van der Waals surface area (Å²) in [6.45, 7) is 1.63. The predicted molar refractivity (Wildman–Crippen MR) is 62.3 cm³/mol. The lowest BCUT2D eigenvalue weighted by atomic mass is 10.3. The number of rotatable bonds is 4. The molecule has 1 fully saturated rings. The second-order valence-electron chi connectivity index (χ2n) is 3.99. The predicted octanol–water partition coefficient (Wildman–Crippen LogP) is 0.910. The van der Waals surface area contributed by atoms with Gasteiger partial charge in [-0.1, -0.05) is 0 Å². The van der Waals surface area contributed by atoms with Crippen LogP contribution in [-0.2, 0) is 16.0 Å². The highest BCUT2D eigenvalue weighted by Gasteiger charge is 2.15. The Labute approximate surface area is 103 Å². The summed E-state index contributed by atoms with van der Waals surface area (Å²) in [5.41, 5.74) is -0.364. The molecule has 1 aromatic heterocycles. The molecule has 1 aliphatic heterocycles. The molecule has 0 spiro atoms. The first-order chi connectivity index (χ1) is 8.66. The van der Waals surface area contributed by atoms with Gasteiger partial charge in [0.05, 0.1) is 24.3 Å². The smallest absolute Gasteiger partial charge is 0.285 e. The zero-order valence-electron chi connectivity index (χ0n) is 9.78. The minimum atomic E-state index is -0.524. The third-order valence-electron chi connectivity index (χ3n) is 2.68. The monoisotopic (exact) mass is 254 g/mol. The van der Waals surface area contributed by atoms with Crippen LogP contribution < -0.4 is 5.56 Å². The van der Waals surface area contributed by atoms with E-state index in [2.05, 4.69) is 0 Å². The molecule has 0 saturated carbocycles. The van der Waals surface area contributed by atoms with Crippen molar-refractivity contribution in [1.29, 1.82) is 0 Å². The average Bonchev–Trinajstić information content (AvgIpc) is 2.38. The van der Waals surface area contributed by atoms with E-state index in [4.69, 9.17) is 9.47 Å². The molecule has 1 aromatic rings.